The van der Waals surface area contributed by atoms with Gasteiger partial charge < -0.3 is 10.5 Å². The quantitative estimate of drug-likeness (QED) is 0.467. The number of para-hydroxylation sites is 1. The van der Waals surface area contributed by atoms with Crippen LogP contribution in [0.25, 0.3) is 0 Å². The van der Waals surface area contributed by atoms with Gasteiger partial charge in [0.15, 0.2) is 0 Å². The molecule has 0 aromatic heterocycles. The van der Waals surface area contributed by atoms with E-state index in [1.165, 1.54) is 0 Å². The predicted molar refractivity (Wildman–Crippen MR) is 89.1 cm³/mol. The molecule has 1 unspecified atom stereocenters. The summed E-state index contributed by atoms with van der Waals surface area (Å²) in [6.45, 7) is 0. The topological polar surface area (TPSA) is 44.6 Å². The van der Waals surface area contributed by atoms with Gasteiger partial charge in [-0.1, -0.05) is 47.7 Å². The summed E-state index contributed by atoms with van der Waals surface area (Å²) in [6, 6.07) is 10.2. The number of nitrogens with zero attached hydrogens (tertiary/aromatic N) is 1. The van der Waals surface area contributed by atoms with E-state index in [0.29, 0.717) is 0 Å². The Morgan fingerprint density at radius 3 is 2.29 bits per heavy atom. The molecule has 0 spiro atoms. The van der Waals surface area contributed by atoms with Crippen molar-refractivity contribution in [1.82, 2.24) is 0 Å². The van der Waals surface area contributed by atoms with Crippen LogP contribution in [0.2, 0.25) is 0 Å². The number of nitrogens with one attached hydrogen (secondary N) is 1. The molecule has 0 heterocycles. The van der Waals surface area contributed by atoms with E-state index in [9.17, 15) is 5.21 Å². The Morgan fingerprint density at radius 1 is 0.905 bits per heavy atom. The fourth-order valence-electron chi connectivity index (χ4n) is 2.51. The molecule has 21 heavy (non-hydrogen) atoms. The Morgan fingerprint density at radius 2 is 1.57 bits per heavy atom. The number of hydrogen-bond acceptors (Lipinski definition) is 3. The van der Waals surface area contributed by atoms with Crippen molar-refractivity contribution in [3.63, 3.8) is 0 Å². The first-order valence-corrected chi connectivity index (χ1v) is 7.72. The number of benzene rings is 1. The van der Waals surface area contributed by atoms with Crippen LogP contribution in [0.1, 0.15) is 38.5 Å². The zero-order valence-corrected chi connectivity index (χ0v) is 12.4. The van der Waals surface area contributed by atoms with Crippen molar-refractivity contribution < 1.29 is 5.21 Å². The van der Waals surface area contributed by atoms with Crippen molar-refractivity contribution in [2.75, 3.05) is 5.32 Å². The SMILES string of the molecule is ON=C1CCC=CCCC=CCCC1Nc1ccccc1. The molecule has 0 aliphatic heterocycles. The van der Waals surface area contributed by atoms with Crippen molar-refractivity contribution in [3.05, 3.63) is 54.6 Å². The Kier molecular flexibility index (Phi) is 6.59. The lowest BCUT2D eigenvalue weighted by molar-refractivity contribution is 0.315. The molecule has 1 atom stereocenters. The highest BCUT2D eigenvalue weighted by molar-refractivity contribution is 5.91. The van der Waals surface area contributed by atoms with Crippen LogP contribution in [-0.4, -0.2) is 17.0 Å². The summed E-state index contributed by atoms with van der Waals surface area (Å²) >= 11 is 0. The van der Waals surface area contributed by atoms with Crippen molar-refractivity contribution in [2.24, 2.45) is 5.16 Å². The molecule has 0 saturated heterocycles. The maximum absolute atomic E-state index is 9.35. The zero-order chi connectivity index (χ0) is 14.8. The highest BCUT2D eigenvalue weighted by Gasteiger charge is 2.15. The van der Waals surface area contributed by atoms with Crippen LogP contribution in [0.5, 0.6) is 0 Å². The monoisotopic (exact) mass is 284 g/mol. The third kappa shape index (κ3) is 5.46. The van der Waals surface area contributed by atoms with E-state index in [2.05, 4.69) is 34.8 Å². The molecule has 0 amide bonds. The number of oxime groups is 1. The second kappa shape index (κ2) is 9.01. The summed E-state index contributed by atoms with van der Waals surface area (Å²) in [5.74, 6) is 0. The second-order valence-corrected chi connectivity index (χ2v) is 5.29. The fourth-order valence-corrected chi connectivity index (χ4v) is 2.51. The summed E-state index contributed by atoms with van der Waals surface area (Å²) < 4.78 is 0. The lowest BCUT2D eigenvalue weighted by atomic mass is 10.00. The molecule has 2 N–H and O–H groups in total. The normalized spacial score (nSPS) is 22.5. The molecule has 112 valence electrons. The third-order valence-electron chi connectivity index (χ3n) is 3.67. The van der Waals surface area contributed by atoms with E-state index in [1.807, 2.05) is 30.3 Å². The third-order valence-corrected chi connectivity index (χ3v) is 3.67. The lowest BCUT2D eigenvalue weighted by Gasteiger charge is -2.20. The van der Waals surface area contributed by atoms with Gasteiger partial charge in [0.25, 0.3) is 0 Å². The summed E-state index contributed by atoms with van der Waals surface area (Å²) in [5, 5.41) is 16.4. The first-order valence-electron chi connectivity index (χ1n) is 7.72. The number of hydrogen-bond donors (Lipinski definition) is 2. The minimum absolute atomic E-state index is 0.0786. The zero-order valence-electron chi connectivity index (χ0n) is 12.4. The first kappa shape index (κ1) is 15.4. The maximum atomic E-state index is 9.35. The van der Waals surface area contributed by atoms with Gasteiger partial charge in [-0.2, -0.15) is 0 Å². The lowest BCUT2D eigenvalue weighted by Crippen LogP contribution is -2.29. The minimum Gasteiger partial charge on any atom is -0.411 e. The van der Waals surface area contributed by atoms with E-state index in [4.69, 9.17) is 0 Å². The molecule has 1 aliphatic rings. The van der Waals surface area contributed by atoms with Crippen molar-refractivity contribution in [1.29, 1.82) is 0 Å². The van der Waals surface area contributed by atoms with Gasteiger partial charge in [-0.15, -0.1) is 0 Å². The van der Waals surface area contributed by atoms with Crippen LogP contribution in [0.4, 0.5) is 5.69 Å². The molecule has 1 aromatic rings. The Labute approximate surface area is 127 Å². The number of anilines is 1. The van der Waals surface area contributed by atoms with Crippen molar-refractivity contribution in [3.8, 4) is 0 Å². The fraction of sp³-hybridized carbons (Fsp3) is 0.389. The molecule has 0 bridgehead atoms. The molecular weight excluding hydrogens is 260 g/mol. The minimum atomic E-state index is 0.0786. The number of allylic oxidation sites excluding steroid dienone is 4. The van der Waals surface area contributed by atoms with E-state index in [1.54, 1.807) is 0 Å². The highest BCUT2D eigenvalue weighted by Crippen LogP contribution is 2.15. The van der Waals surface area contributed by atoms with Gasteiger partial charge in [-0.25, -0.2) is 0 Å². The van der Waals surface area contributed by atoms with E-state index in [-0.39, 0.29) is 6.04 Å². The molecule has 3 nitrogen and oxygen atoms in total. The Hall–Kier alpha value is -2.03. The summed E-state index contributed by atoms with van der Waals surface area (Å²) in [6.07, 6.45) is 14.7. The van der Waals surface area contributed by atoms with Crippen molar-refractivity contribution in [2.45, 2.75) is 44.6 Å². The summed E-state index contributed by atoms with van der Waals surface area (Å²) in [4.78, 5) is 0. The van der Waals surface area contributed by atoms with E-state index >= 15 is 0 Å². The average molecular weight is 284 g/mol. The second-order valence-electron chi connectivity index (χ2n) is 5.29. The van der Waals surface area contributed by atoms with Gasteiger partial charge in [-0.3, -0.25) is 0 Å². The van der Waals surface area contributed by atoms with Gasteiger partial charge in [-0.05, 0) is 50.7 Å². The van der Waals surface area contributed by atoms with Gasteiger partial charge in [0.05, 0.1) is 11.8 Å². The standard InChI is InChI=1S/C18H24N2O/c21-20-18-15-11-6-4-2-1-3-5-10-14-17(18)19-16-12-8-7-9-13-16/h3-9,12-13,17,19,21H,1-2,10-11,14-15H2. The largest absolute Gasteiger partial charge is 0.411 e. The summed E-state index contributed by atoms with van der Waals surface area (Å²) in [7, 11) is 0. The molecule has 0 saturated carbocycles. The predicted octanol–water partition coefficient (Wildman–Crippen LogP) is 4.76. The van der Waals surface area contributed by atoms with Gasteiger partial charge in [0, 0.05) is 5.69 Å². The molecule has 3 heteroatoms. The molecule has 0 radical (unpaired) electrons. The molecule has 1 aliphatic carbocycles. The van der Waals surface area contributed by atoms with Crippen LogP contribution < -0.4 is 5.32 Å². The van der Waals surface area contributed by atoms with E-state index in [0.717, 1.165) is 49.9 Å². The molecule has 1 aromatic carbocycles. The smallest absolute Gasteiger partial charge is 0.0795 e. The Balaban J connectivity index is 2.08. The van der Waals surface area contributed by atoms with Crippen LogP contribution >= 0.6 is 0 Å². The number of rotatable bonds is 2. The average Bonchev–Trinajstić information content (AvgIpc) is 2.51. The Bertz CT molecular complexity index is 491. The van der Waals surface area contributed by atoms with Gasteiger partial charge in [0.1, 0.15) is 0 Å². The van der Waals surface area contributed by atoms with Crippen LogP contribution in [0.15, 0.2) is 59.8 Å². The van der Waals surface area contributed by atoms with Crippen LogP contribution in [0, 0.1) is 0 Å². The van der Waals surface area contributed by atoms with E-state index < -0.39 is 0 Å². The molecule has 0 fully saturated rings. The molecular formula is C18H24N2O. The van der Waals surface area contributed by atoms with Crippen molar-refractivity contribution >= 4 is 11.4 Å². The summed E-state index contributed by atoms with van der Waals surface area (Å²) in [5.41, 5.74) is 1.90. The molecule has 2 rings (SSSR count). The maximum Gasteiger partial charge on any atom is 0.0795 e. The van der Waals surface area contributed by atoms with Gasteiger partial charge >= 0.3 is 0 Å². The van der Waals surface area contributed by atoms with Crippen LogP contribution in [0.3, 0.4) is 0 Å². The van der Waals surface area contributed by atoms with Crippen LogP contribution in [-0.2, 0) is 0 Å². The van der Waals surface area contributed by atoms with Gasteiger partial charge in [0.2, 0.25) is 0 Å². The first-order chi connectivity index (χ1) is 10.4. The highest BCUT2D eigenvalue weighted by atomic mass is 16.4.